The highest BCUT2D eigenvalue weighted by atomic mass is 16.6. The van der Waals surface area contributed by atoms with Crippen LogP contribution in [0.2, 0.25) is 0 Å². The summed E-state index contributed by atoms with van der Waals surface area (Å²) in [5.74, 6) is -1.21. The fourth-order valence-corrected chi connectivity index (χ4v) is 2.19. The zero-order chi connectivity index (χ0) is 15.6. The molecule has 1 saturated carbocycles. The Hall–Kier alpha value is -2.10. The smallest absolute Gasteiger partial charge is 0.331 e. The van der Waals surface area contributed by atoms with Crippen molar-refractivity contribution in [3.05, 3.63) is 41.5 Å². The Morgan fingerprint density at radius 1 is 1.24 bits per heavy atom. The van der Waals surface area contributed by atoms with Crippen molar-refractivity contribution in [1.29, 1.82) is 0 Å². The van der Waals surface area contributed by atoms with Crippen molar-refractivity contribution in [2.24, 2.45) is 5.92 Å². The fraction of sp³-hybridized carbons (Fsp3) is 0.412. The Balaban J connectivity index is 1.94. The number of hydrogen-bond donors (Lipinski definition) is 1. The van der Waals surface area contributed by atoms with Crippen molar-refractivity contribution < 1.29 is 19.4 Å². The van der Waals surface area contributed by atoms with E-state index in [-0.39, 0.29) is 17.8 Å². The van der Waals surface area contributed by atoms with Crippen molar-refractivity contribution in [3.8, 4) is 0 Å². The number of esters is 1. The lowest BCUT2D eigenvalue weighted by molar-refractivity contribution is -0.148. The van der Waals surface area contributed by atoms with Crippen LogP contribution >= 0.6 is 0 Å². The third-order valence-corrected chi connectivity index (χ3v) is 3.29. The van der Waals surface area contributed by atoms with E-state index in [0.717, 1.165) is 11.1 Å². The van der Waals surface area contributed by atoms with Crippen LogP contribution in [-0.4, -0.2) is 22.6 Å². The molecule has 0 aromatic heterocycles. The molecule has 1 aromatic rings. The lowest BCUT2D eigenvalue weighted by atomic mass is 10.1. The molecule has 4 heteroatoms. The van der Waals surface area contributed by atoms with E-state index in [1.54, 1.807) is 6.08 Å². The largest absolute Gasteiger partial charge is 0.481 e. The molecule has 0 aliphatic heterocycles. The molecule has 112 valence electrons. The first kappa shape index (κ1) is 15.3. The molecule has 1 fully saturated rings. The number of hydrogen-bond acceptors (Lipinski definition) is 3. The van der Waals surface area contributed by atoms with Crippen LogP contribution in [0, 0.1) is 5.92 Å². The maximum atomic E-state index is 11.6. The van der Waals surface area contributed by atoms with E-state index in [2.05, 4.69) is 0 Å². The van der Waals surface area contributed by atoms with Crippen LogP contribution in [-0.2, 0) is 14.3 Å². The third-order valence-electron chi connectivity index (χ3n) is 3.29. The van der Waals surface area contributed by atoms with Gasteiger partial charge in [0.25, 0.3) is 0 Å². The van der Waals surface area contributed by atoms with Crippen molar-refractivity contribution in [3.63, 3.8) is 0 Å². The average Bonchev–Trinajstić information content (AvgIpc) is 3.15. The number of ether oxygens (including phenoxy) is 1. The van der Waals surface area contributed by atoms with Crippen molar-refractivity contribution in [2.75, 3.05) is 0 Å². The maximum Gasteiger partial charge on any atom is 0.331 e. The molecular weight excluding hydrogens is 268 g/mol. The number of aliphatic carboxylic acids is 1. The van der Waals surface area contributed by atoms with Gasteiger partial charge in [-0.25, -0.2) is 4.79 Å². The van der Waals surface area contributed by atoms with Crippen LogP contribution in [0.25, 0.3) is 6.08 Å². The first-order chi connectivity index (χ1) is 9.76. The molecule has 0 amide bonds. The van der Waals surface area contributed by atoms with Gasteiger partial charge in [-0.05, 0) is 50.3 Å². The molecule has 1 aromatic carbocycles. The highest BCUT2D eigenvalue weighted by Gasteiger charge is 2.43. The molecule has 0 radical (unpaired) electrons. The van der Waals surface area contributed by atoms with Gasteiger partial charge in [-0.1, -0.05) is 24.3 Å². The van der Waals surface area contributed by atoms with Crippen LogP contribution in [0.3, 0.4) is 0 Å². The highest BCUT2D eigenvalue weighted by molar-refractivity contribution is 5.87. The van der Waals surface area contributed by atoms with E-state index in [0.29, 0.717) is 6.42 Å². The number of carboxylic acid groups (broad SMARTS) is 1. The summed E-state index contributed by atoms with van der Waals surface area (Å²) in [7, 11) is 0. The molecule has 1 aliphatic carbocycles. The summed E-state index contributed by atoms with van der Waals surface area (Å²) in [5.41, 5.74) is 1.43. The fourth-order valence-electron chi connectivity index (χ4n) is 2.19. The minimum absolute atomic E-state index is 0.131. The van der Waals surface area contributed by atoms with Crippen molar-refractivity contribution in [2.45, 2.75) is 38.7 Å². The van der Waals surface area contributed by atoms with Gasteiger partial charge < -0.3 is 9.84 Å². The van der Waals surface area contributed by atoms with Crippen LogP contribution in [0.1, 0.15) is 44.2 Å². The van der Waals surface area contributed by atoms with Gasteiger partial charge in [0.1, 0.15) is 5.60 Å². The van der Waals surface area contributed by atoms with Crippen LogP contribution < -0.4 is 0 Å². The highest BCUT2D eigenvalue weighted by Crippen LogP contribution is 2.47. The Morgan fingerprint density at radius 2 is 1.86 bits per heavy atom. The van der Waals surface area contributed by atoms with Gasteiger partial charge in [-0.15, -0.1) is 0 Å². The molecule has 2 rings (SSSR count). The zero-order valence-corrected chi connectivity index (χ0v) is 12.5. The second-order valence-corrected chi connectivity index (χ2v) is 6.32. The minimum atomic E-state index is -0.728. The van der Waals surface area contributed by atoms with E-state index >= 15 is 0 Å². The second-order valence-electron chi connectivity index (χ2n) is 6.32. The second kappa shape index (κ2) is 5.72. The van der Waals surface area contributed by atoms with Crippen LogP contribution in [0.5, 0.6) is 0 Å². The standard InChI is InChI=1S/C17H20O4/c1-17(2,3)21-15(18)9-6-11-4-7-12(8-5-11)13-10-14(13)16(19)20/h4-9,13-14H,10H2,1-3H3,(H,19,20). The molecule has 1 aliphatic rings. The third kappa shape index (κ3) is 4.45. The van der Waals surface area contributed by atoms with Gasteiger partial charge in [0, 0.05) is 6.08 Å². The summed E-state index contributed by atoms with van der Waals surface area (Å²) >= 11 is 0. The SMILES string of the molecule is CC(C)(C)OC(=O)C=Cc1ccc(C2CC2C(=O)O)cc1. The van der Waals surface area contributed by atoms with Crippen molar-refractivity contribution >= 4 is 18.0 Å². The monoisotopic (exact) mass is 288 g/mol. The zero-order valence-electron chi connectivity index (χ0n) is 12.5. The summed E-state index contributed by atoms with van der Waals surface area (Å²) < 4.78 is 5.18. The number of carbonyl (C=O) groups excluding carboxylic acids is 1. The van der Waals surface area contributed by atoms with E-state index < -0.39 is 11.6 Å². The summed E-state index contributed by atoms with van der Waals surface area (Å²) in [6, 6.07) is 7.60. The molecule has 0 heterocycles. The normalized spacial score (nSPS) is 21.3. The Bertz CT molecular complexity index is 563. The number of benzene rings is 1. The van der Waals surface area contributed by atoms with Crippen LogP contribution in [0.4, 0.5) is 0 Å². The molecule has 0 saturated heterocycles. The Kier molecular flexibility index (Phi) is 4.16. The van der Waals surface area contributed by atoms with Gasteiger partial charge in [-0.3, -0.25) is 4.79 Å². The van der Waals surface area contributed by atoms with E-state index in [1.165, 1.54) is 6.08 Å². The Morgan fingerprint density at radius 3 is 2.33 bits per heavy atom. The van der Waals surface area contributed by atoms with Gasteiger partial charge in [0.05, 0.1) is 5.92 Å². The maximum absolute atomic E-state index is 11.6. The van der Waals surface area contributed by atoms with E-state index in [1.807, 2.05) is 45.0 Å². The summed E-state index contributed by atoms with van der Waals surface area (Å²) in [5, 5.41) is 8.92. The topological polar surface area (TPSA) is 63.6 Å². The van der Waals surface area contributed by atoms with Gasteiger partial charge >= 0.3 is 11.9 Å². The van der Waals surface area contributed by atoms with Crippen molar-refractivity contribution in [1.82, 2.24) is 0 Å². The summed E-state index contributed by atoms with van der Waals surface area (Å²) in [6.45, 7) is 5.46. The average molecular weight is 288 g/mol. The Labute approximate surface area is 124 Å². The van der Waals surface area contributed by atoms with Gasteiger partial charge in [0.2, 0.25) is 0 Å². The molecule has 0 spiro atoms. The lowest BCUT2D eigenvalue weighted by Gasteiger charge is -2.17. The van der Waals surface area contributed by atoms with E-state index in [9.17, 15) is 9.59 Å². The molecule has 2 atom stereocenters. The van der Waals surface area contributed by atoms with E-state index in [4.69, 9.17) is 9.84 Å². The molecular formula is C17H20O4. The summed E-state index contributed by atoms with van der Waals surface area (Å²) in [4.78, 5) is 22.4. The van der Waals surface area contributed by atoms with Gasteiger partial charge in [-0.2, -0.15) is 0 Å². The molecule has 1 N–H and O–H groups in total. The van der Waals surface area contributed by atoms with Crippen LogP contribution in [0.15, 0.2) is 30.3 Å². The first-order valence-corrected chi connectivity index (χ1v) is 7.00. The summed E-state index contributed by atoms with van der Waals surface area (Å²) in [6.07, 6.45) is 3.80. The quantitative estimate of drug-likeness (QED) is 0.682. The predicted molar refractivity (Wildman–Crippen MR) is 79.8 cm³/mol. The molecule has 21 heavy (non-hydrogen) atoms. The first-order valence-electron chi connectivity index (χ1n) is 7.00. The molecule has 0 bridgehead atoms. The molecule has 2 unspecified atom stereocenters. The lowest BCUT2D eigenvalue weighted by Crippen LogP contribution is -2.22. The predicted octanol–water partition coefficient (Wildman–Crippen LogP) is 3.23. The number of rotatable bonds is 4. The number of carboxylic acids is 1. The number of carbonyl (C=O) groups is 2. The molecule has 4 nitrogen and oxygen atoms in total. The minimum Gasteiger partial charge on any atom is -0.481 e. The van der Waals surface area contributed by atoms with Gasteiger partial charge in [0.15, 0.2) is 0 Å².